The zero-order valence-electron chi connectivity index (χ0n) is 16.9. The molecule has 1 aromatic carbocycles. The number of carbonyl (C=O) groups is 1. The molecule has 3 heterocycles. The highest BCUT2D eigenvalue weighted by Gasteiger charge is 2.46. The predicted molar refractivity (Wildman–Crippen MR) is 110 cm³/mol. The maximum Gasteiger partial charge on any atom is 0.240 e. The van der Waals surface area contributed by atoms with Crippen LogP contribution in [0.1, 0.15) is 31.7 Å². The van der Waals surface area contributed by atoms with Crippen molar-refractivity contribution < 1.29 is 4.79 Å². The number of likely N-dealkylation sites (N-methyl/N-ethyl adjacent to an activating group) is 1. The van der Waals surface area contributed by atoms with Gasteiger partial charge >= 0.3 is 0 Å². The highest BCUT2D eigenvalue weighted by molar-refractivity contribution is 5.82. The Hall–Kier alpha value is -1.59. The summed E-state index contributed by atoms with van der Waals surface area (Å²) in [6.45, 7) is 9.06. The summed E-state index contributed by atoms with van der Waals surface area (Å²) in [4.78, 5) is 20.2. The topological polar surface area (TPSA) is 38.8 Å². The molecule has 1 N–H and O–H groups in total. The van der Waals surface area contributed by atoms with Crippen molar-refractivity contribution in [1.29, 1.82) is 0 Å². The molecule has 1 amide bonds. The molecule has 3 aliphatic rings. The molecular formula is C22H34N4O. The molecule has 5 heteroatoms. The SMILES string of the molecule is CCc1ccccc1N1CCN(C(=O)[C@@H]2CC3(CCNCC3)CN2C)CC1. The number of carbonyl (C=O) groups excluding carboxylic acids is 1. The highest BCUT2D eigenvalue weighted by atomic mass is 16.2. The number of anilines is 1. The third kappa shape index (κ3) is 3.72. The number of piperazine rings is 1. The number of piperidine rings is 1. The van der Waals surface area contributed by atoms with Crippen LogP contribution in [0.25, 0.3) is 0 Å². The number of likely N-dealkylation sites (tertiary alicyclic amines) is 1. The van der Waals surface area contributed by atoms with Crippen LogP contribution in [0.15, 0.2) is 24.3 Å². The third-order valence-electron chi connectivity index (χ3n) is 7.00. The first-order valence-corrected chi connectivity index (χ1v) is 10.6. The fourth-order valence-electron chi connectivity index (χ4n) is 5.36. The number of para-hydroxylation sites is 1. The molecule has 0 aliphatic carbocycles. The van der Waals surface area contributed by atoms with Crippen LogP contribution >= 0.6 is 0 Å². The summed E-state index contributed by atoms with van der Waals surface area (Å²) in [6.07, 6.45) is 4.52. The van der Waals surface area contributed by atoms with Crippen LogP contribution in [0.5, 0.6) is 0 Å². The molecule has 0 radical (unpaired) electrons. The van der Waals surface area contributed by atoms with Gasteiger partial charge in [0.2, 0.25) is 5.91 Å². The van der Waals surface area contributed by atoms with E-state index in [4.69, 9.17) is 0 Å². The Bertz CT molecular complexity index is 662. The van der Waals surface area contributed by atoms with Gasteiger partial charge in [-0.1, -0.05) is 25.1 Å². The summed E-state index contributed by atoms with van der Waals surface area (Å²) in [6, 6.07) is 8.77. The van der Waals surface area contributed by atoms with Gasteiger partial charge in [0.1, 0.15) is 0 Å². The van der Waals surface area contributed by atoms with E-state index in [0.29, 0.717) is 11.3 Å². The summed E-state index contributed by atoms with van der Waals surface area (Å²) >= 11 is 0. The zero-order chi connectivity index (χ0) is 18.9. The van der Waals surface area contributed by atoms with Crippen molar-refractivity contribution in [2.45, 2.75) is 38.6 Å². The summed E-state index contributed by atoms with van der Waals surface area (Å²) in [7, 11) is 2.15. The van der Waals surface area contributed by atoms with Crippen LogP contribution in [-0.4, -0.2) is 74.6 Å². The van der Waals surface area contributed by atoms with Crippen molar-refractivity contribution in [3.05, 3.63) is 29.8 Å². The first-order chi connectivity index (χ1) is 13.1. The number of aryl methyl sites for hydroxylation is 1. The number of nitrogens with zero attached hydrogens (tertiary/aromatic N) is 3. The lowest BCUT2D eigenvalue weighted by Crippen LogP contribution is -2.53. The van der Waals surface area contributed by atoms with Gasteiger partial charge in [0.15, 0.2) is 0 Å². The van der Waals surface area contributed by atoms with Gasteiger partial charge in [-0.15, -0.1) is 0 Å². The van der Waals surface area contributed by atoms with E-state index in [9.17, 15) is 4.79 Å². The van der Waals surface area contributed by atoms with Gasteiger partial charge < -0.3 is 15.1 Å². The molecule has 5 nitrogen and oxygen atoms in total. The van der Waals surface area contributed by atoms with Gasteiger partial charge in [0.25, 0.3) is 0 Å². The van der Waals surface area contributed by atoms with Gasteiger partial charge in [0.05, 0.1) is 6.04 Å². The average molecular weight is 371 g/mol. The molecule has 4 rings (SSSR count). The minimum absolute atomic E-state index is 0.0811. The first-order valence-electron chi connectivity index (χ1n) is 10.6. The standard InChI is InChI=1S/C22H34N4O/c1-3-18-6-4-5-7-19(18)25-12-14-26(15-13-25)21(27)20-16-22(17-24(20)2)8-10-23-11-9-22/h4-7,20,23H,3,8-17H2,1-2H3/t20-/m0/s1. The number of nitrogens with one attached hydrogen (secondary N) is 1. The Morgan fingerprint density at radius 2 is 1.85 bits per heavy atom. The molecule has 3 aliphatic heterocycles. The Balaban J connectivity index is 1.37. The summed E-state index contributed by atoms with van der Waals surface area (Å²) in [5.74, 6) is 0.358. The van der Waals surface area contributed by atoms with Crippen LogP contribution in [0.2, 0.25) is 0 Å². The number of rotatable bonds is 3. The van der Waals surface area contributed by atoms with E-state index < -0.39 is 0 Å². The number of benzene rings is 1. The molecule has 1 spiro atoms. The summed E-state index contributed by atoms with van der Waals surface area (Å²) < 4.78 is 0. The Morgan fingerprint density at radius 3 is 2.56 bits per heavy atom. The summed E-state index contributed by atoms with van der Waals surface area (Å²) in [5, 5.41) is 3.47. The largest absolute Gasteiger partial charge is 0.368 e. The second-order valence-corrected chi connectivity index (χ2v) is 8.68. The maximum absolute atomic E-state index is 13.3. The number of hydrogen-bond acceptors (Lipinski definition) is 4. The monoisotopic (exact) mass is 370 g/mol. The normalized spacial score (nSPS) is 25.9. The van der Waals surface area contributed by atoms with Gasteiger partial charge in [0, 0.05) is 38.4 Å². The molecule has 1 aromatic rings. The molecule has 3 fully saturated rings. The lowest BCUT2D eigenvalue weighted by atomic mass is 9.77. The van der Waals surface area contributed by atoms with Gasteiger partial charge in [-0.05, 0) is 62.9 Å². The van der Waals surface area contributed by atoms with Crippen molar-refractivity contribution in [3.63, 3.8) is 0 Å². The van der Waals surface area contributed by atoms with Crippen molar-refractivity contribution in [3.8, 4) is 0 Å². The van der Waals surface area contributed by atoms with Crippen LogP contribution in [0.4, 0.5) is 5.69 Å². The van der Waals surface area contributed by atoms with Gasteiger partial charge in [-0.3, -0.25) is 9.69 Å². The minimum Gasteiger partial charge on any atom is -0.368 e. The van der Waals surface area contributed by atoms with Crippen LogP contribution in [0, 0.1) is 5.41 Å². The maximum atomic E-state index is 13.3. The quantitative estimate of drug-likeness (QED) is 0.883. The molecule has 0 bridgehead atoms. The fraction of sp³-hybridized carbons (Fsp3) is 0.682. The fourth-order valence-corrected chi connectivity index (χ4v) is 5.36. The first kappa shape index (κ1) is 18.8. The van der Waals surface area contributed by atoms with Crippen LogP contribution < -0.4 is 10.2 Å². The van der Waals surface area contributed by atoms with E-state index in [1.165, 1.54) is 24.1 Å². The van der Waals surface area contributed by atoms with Crippen LogP contribution in [0.3, 0.4) is 0 Å². The molecule has 1 atom stereocenters. The molecule has 148 valence electrons. The van der Waals surface area contributed by atoms with E-state index in [1.807, 2.05) is 0 Å². The smallest absolute Gasteiger partial charge is 0.240 e. The van der Waals surface area contributed by atoms with Gasteiger partial charge in [-0.25, -0.2) is 0 Å². The van der Waals surface area contributed by atoms with Crippen LogP contribution in [-0.2, 0) is 11.2 Å². The lowest BCUT2D eigenvalue weighted by molar-refractivity contribution is -0.135. The van der Waals surface area contributed by atoms with Crippen molar-refractivity contribution in [2.24, 2.45) is 5.41 Å². The second-order valence-electron chi connectivity index (χ2n) is 8.68. The van der Waals surface area contributed by atoms with Gasteiger partial charge in [-0.2, -0.15) is 0 Å². The Labute approximate surface area is 163 Å². The third-order valence-corrected chi connectivity index (χ3v) is 7.00. The van der Waals surface area contributed by atoms with E-state index >= 15 is 0 Å². The summed E-state index contributed by atoms with van der Waals surface area (Å²) in [5.41, 5.74) is 3.11. The molecule has 3 saturated heterocycles. The number of hydrogen-bond donors (Lipinski definition) is 1. The Kier molecular flexibility index (Phi) is 5.42. The van der Waals surface area contributed by atoms with E-state index in [1.54, 1.807) is 0 Å². The molecule has 27 heavy (non-hydrogen) atoms. The molecular weight excluding hydrogens is 336 g/mol. The van der Waals surface area contributed by atoms with E-state index in [-0.39, 0.29) is 6.04 Å². The van der Waals surface area contributed by atoms with Crippen molar-refractivity contribution >= 4 is 11.6 Å². The molecule has 0 saturated carbocycles. The second kappa shape index (κ2) is 7.80. The van der Waals surface area contributed by atoms with E-state index in [0.717, 1.165) is 58.7 Å². The molecule has 0 unspecified atom stereocenters. The molecule has 0 aromatic heterocycles. The minimum atomic E-state index is 0.0811. The lowest BCUT2D eigenvalue weighted by Gasteiger charge is -2.38. The van der Waals surface area contributed by atoms with Crippen molar-refractivity contribution in [1.82, 2.24) is 15.1 Å². The predicted octanol–water partition coefficient (Wildman–Crippen LogP) is 1.97. The average Bonchev–Trinajstić information content (AvgIpc) is 3.03. The zero-order valence-corrected chi connectivity index (χ0v) is 16.9. The van der Waals surface area contributed by atoms with Crippen molar-refractivity contribution in [2.75, 3.05) is 57.8 Å². The van der Waals surface area contributed by atoms with E-state index in [2.05, 4.69) is 58.3 Å². The highest BCUT2D eigenvalue weighted by Crippen LogP contribution is 2.41. The number of amides is 1. The Morgan fingerprint density at radius 1 is 1.15 bits per heavy atom.